The minimum absolute atomic E-state index is 0.108. The van der Waals surface area contributed by atoms with Crippen LogP contribution in [0.4, 0.5) is 0 Å². The molecule has 0 fully saturated rings. The van der Waals surface area contributed by atoms with E-state index in [0.29, 0.717) is 0 Å². The lowest BCUT2D eigenvalue weighted by atomic mass is 10.1. The van der Waals surface area contributed by atoms with Crippen LogP contribution in [0.15, 0.2) is 82.2 Å². The summed E-state index contributed by atoms with van der Waals surface area (Å²) in [5.74, 6) is -0.360. The molecule has 1 N–H and O–H groups in total. The standard InChI is InChI=1S/C25H27BrN2O3S/c1-18-10-12-24(13-11-18)32(30,31)28(16-21-7-4-6-19(2)14-21)17-25(29)27-20(3)22-8-5-9-23(26)15-22/h4-15,20H,16-17H2,1-3H3,(H,27,29). The highest BCUT2D eigenvalue weighted by Crippen LogP contribution is 2.21. The van der Waals surface area contributed by atoms with Gasteiger partial charge in [0.1, 0.15) is 0 Å². The summed E-state index contributed by atoms with van der Waals surface area (Å²) < 4.78 is 29.0. The molecule has 0 aliphatic heterocycles. The van der Waals surface area contributed by atoms with E-state index in [0.717, 1.165) is 26.7 Å². The summed E-state index contributed by atoms with van der Waals surface area (Å²) in [5, 5.41) is 2.92. The van der Waals surface area contributed by atoms with Crippen molar-refractivity contribution in [2.75, 3.05) is 6.54 Å². The molecule has 3 rings (SSSR count). The van der Waals surface area contributed by atoms with Gasteiger partial charge in [-0.1, -0.05) is 75.6 Å². The summed E-state index contributed by atoms with van der Waals surface area (Å²) in [4.78, 5) is 13.1. The second-order valence-corrected chi connectivity index (χ2v) is 10.8. The number of carbonyl (C=O) groups excluding carboxylic acids is 1. The van der Waals surface area contributed by atoms with Crippen LogP contribution in [0.5, 0.6) is 0 Å². The molecule has 0 aliphatic rings. The SMILES string of the molecule is Cc1ccc(S(=O)(=O)N(CC(=O)NC(C)c2cccc(Br)c2)Cc2cccc(C)c2)cc1. The Kier molecular flexibility index (Phi) is 7.87. The number of nitrogens with one attached hydrogen (secondary N) is 1. The van der Waals surface area contributed by atoms with E-state index in [1.807, 2.05) is 69.3 Å². The molecule has 7 heteroatoms. The summed E-state index contributed by atoms with van der Waals surface area (Å²) in [7, 11) is -3.87. The third-order valence-corrected chi connectivity index (χ3v) is 7.45. The molecule has 168 valence electrons. The Labute approximate surface area is 198 Å². The fourth-order valence-corrected chi connectivity index (χ4v) is 5.21. The van der Waals surface area contributed by atoms with Crippen molar-refractivity contribution in [3.05, 3.63) is 99.5 Å². The van der Waals surface area contributed by atoms with Crippen molar-refractivity contribution in [3.63, 3.8) is 0 Å². The Morgan fingerprint density at radius 1 is 0.969 bits per heavy atom. The Bertz CT molecular complexity index is 1190. The number of hydrogen-bond donors (Lipinski definition) is 1. The van der Waals surface area contributed by atoms with Gasteiger partial charge in [0.05, 0.1) is 17.5 Å². The first kappa shape index (κ1) is 24.2. The molecule has 0 bridgehead atoms. The van der Waals surface area contributed by atoms with Gasteiger partial charge in [-0.25, -0.2) is 8.42 Å². The predicted octanol–water partition coefficient (Wildman–Crippen LogP) is 5.13. The Morgan fingerprint density at radius 3 is 2.31 bits per heavy atom. The number of benzene rings is 3. The average Bonchev–Trinajstić information content (AvgIpc) is 2.73. The van der Waals surface area contributed by atoms with Crippen molar-refractivity contribution in [3.8, 4) is 0 Å². The number of sulfonamides is 1. The number of amides is 1. The molecule has 0 saturated heterocycles. The van der Waals surface area contributed by atoms with Gasteiger partial charge in [0.15, 0.2) is 0 Å². The second kappa shape index (κ2) is 10.4. The molecule has 1 atom stereocenters. The fourth-order valence-electron chi connectivity index (χ4n) is 3.41. The summed E-state index contributed by atoms with van der Waals surface area (Å²) in [6.07, 6.45) is 0. The first-order chi connectivity index (χ1) is 15.1. The first-order valence-corrected chi connectivity index (χ1v) is 12.6. The van der Waals surface area contributed by atoms with E-state index in [9.17, 15) is 13.2 Å². The van der Waals surface area contributed by atoms with Crippen molar-refractivity contribution in [2.45, 2.75) is 38.3 Å². The van der Waals surface area contributed by atoms with Gasteiger partial charge in [-0.15, -0.1) is 0 Å². The highest BCUT2D eigenvalue weighted by atomic mass is 79.9. The third-order valence-electron chi connectivity index (χ3n) is 5.15. The molecule has 0 radical (unpaired) electrons. The van der Waals surface area contributed by atoms with Crippen LogP contribution in [0.3, 0.4) is 0 Å². The minimum Gasteiger partial charge on any atom is -0.348 e. The molecular weight excluding hydrogens is 488 g/mol. The number of aryl methyl sites for hydroxylation is 2. The lowest BCUT2D eigenvalue weighted by Crippen LogP contribution is -2.41. The molecule has 0 aliphatic carbocycles. The number of nitrogens with zero attached hydrogens (tertiary/aromatic N) is 1. The third kappa shape index (κ3) is 6.28. The van der Waals surface area contributed by atoms with Gasteiger partial charge in [-0.2, -0.15) is 4.31 Å². The molecule has 1 unspecified atom stereocenters. The van der Waals surface area contributed by atoms with Crippen molar-refractivity contribution < 1.29 is 13.2 Å². The molecule has 0 spiro atoms. The van der Waals surface area contributed by atoms with Gasteiger partial charge < -0.3 is 5.32 Å². The van der Waals surface area contributed by atoms with Gasteiger partial charge in [0, 0.05) is 11.0 Å². The van der Waals surface area contributed by atoms with Crippen molar-refractivity contribution in [2.24, 2.45) is 0 Å². The van der Waals surface area contributed by atoms with E-state index in [-0.39, 0.29) is 29.9 Å². The van der Waals surface area contributed by atoms with Gasteiger partial charge in [0.25, 0.3) is 0 Å². The van der Waals surface area contributed by atoms with E-state index in [2.05, 4.69) is 21.2 Å². The van der Waals surface area contributed by atoms with Crippen molar-refractivity contribution >= 4 is 31.9 Å². The fraction of sp³-hybridized carbons (Fsp3) is 0.240. The highest BCUT2D eigenvalue weighted by Gasteiger charge is 2.27. The summed E-state index contributed by atoms with van der Waals surface area (Å²) in [6.45, 7) is 5.56. The zero-order chi connectivity index (χ0) is 23.3. The maximum absolute atomic E-state index is 13.4. The van der Waals surface area contributed by atoms with Crippen LogP contribution in [0.1, 0.15) is 35.2 Å². The van der Waals surface area contributed by atoms with Crippen LogP contribution in [0, 0.1) is 13.8 Å². The zero-order valence-corrected chi connectivity index (χ0v) is 20.8. The van der Waals surface area contributed by atoms with E-state index < -0.39 is 10.0 Å². The minimum atomic E-state index is -3.87. The smallest absolute Gasteiger partial charge is 0.243 e. The number of rotatable bonds is 8. The topological polar surface area (TPSA) is 66.5 Å². The lowest BCUT2D eigenvalue weighted by Gasteiger charge is -2.23. The Balaban J connectivity index is 1.84. The Hall–Kier alpha value is -2.48. The van der Waals surface area contributed by atoms with Gasteiger partial charge in [0.2, 0.25) is 15.9 Å². The van der Waals surface area contributed by atoms with E-state index >= 15 is 0 Å². The number of carbonyl (C=O) groups is 1. The molecule has 0 saturated carbocycles. The zero-order valence-electron chi connectivity index (χ0n) is 18.4. The van der Waals surface area contributed by atoms with Crippen LogP contribution in [0.2, 0.25) is 0 Å². The predicted molar refractivity (Wildman–Crippen MR) is 131 cm³/mol. The monoisotopic (exact) mass is 514 g/mol. The van der Waals surface area contributed by atoms with Crippen molar-refractivity contribution in [1.82, 2.24) is 9.62 Å². The maximum atomic E-state index is 13.4. The molecule has 32 heavy (non-hydrogen) atoms. The second-order valence-electron chi connectivity index (χ2n) is 7.92. The van der Waals surface area contributed by atoms with E-state index in [4.69, 9.17) is 0 Å². The quantitative estimate of drug-likeness (QED) is 0.452. The van der Waals surface area contributed by atoms with Crippen LogP contribution >= 0.6 is 15.9 Å². The normalized spacial score (nSPS) is 12.5. The summed E-state index contributed by atoms with van der Waals surface area (Å²) in [5.41, 5.74) is 3.76. The number of halogens is 1. The van der Waals surface area contributed by atoms with Crippen LogP contribution in [-0.2, 0) is 21.4 Å². The van der Waals surface area contributed by atoms with Crippen molar-refractivity contribution in [1.29, 1.82) is 0 Å². The molecule has 3 aromatic carbocycles. The maximum Gasteiger partial charge on any atom is 0.243 e. The number of hydrogen-bond acceptors (Lipinski definition) is 3. The molecule has 0 heterocycles. The summed E-state index contributed by atoms with van der Waals surface area (Å²) in [6, 6.07) is 21.7. The summed E-state index contributed by atoms with van der Waals surface area (Å²) >= 11 is 3.44. The molecular formula is C25H27BrN2O3S. The molecule has 0 aromatic heterocycles. The van der Waals surface area contributed by atoms with Gasteiger partial charge in [-0.3, -0.25) is 4.79 Å². The molecule has 3 aromatic rings. The molecule has 1 amide bonds. The largest absolute Gasteiger partial charge is 0.348 e. The average molecular weight is 515 g/mol. The first-order valence-electron chi connectivity index (χ1n) is 10.3. The Morgan fingerprint density at radius 2 is 1.66 bits per heavy atom. The van der Waals surface area contributed by atoms with Crippen LogP contribution < -0.4 is 5.32 Å². The highest BCUT2D eigenvalue weighted by molar-refractivity contribution is 9.10. The van der Waals surface area contributed by atoms with Crippen LogP contribution in [0.25, 0.3) is 0 Å². The van der Waals surface area contributed by atoms with Gasteiger partial charge in [-0.05, 0) is 56.2 Å². The van der Waals surface area contributed by atoms with E-state index in [1.54, 1.807) is 24.3 Å². The van der Waals surface area contributed by atoms with E-state index in [1.165, 1.54) is 4.31 Å². The van der Waals surface area contributed by atoms with Gasteiger partial charge >= 0.3 is 0 Å². The lowest BCUT2D eigenvalue weighted by molar-refractivity contribution is -0.122. The van der Waals surface area contributed by atoms with Crippen LogP contribution in [-0.4, -0.2) is 25.2 Å². The molecule has 5 nitrogen and oxygen atoms in total.